The Morgan fingerprint density at radius 2 is 1.88 bits per heavy atom. The molecule has 0 aliphatic heterocycles. The van der Waals surface area contributed by atoms with Gasteiger partial charge < -0.3 is 9.26 Å². The van der Waals surface area contributed by atoms with Crippen molar-refractivity contribution in [2.75, 3.05) is 14.2 Å². The summed E-state index contributed by atoms with van der Waals surface area (Å²) in [5.41, 5.74) is 4.75. The molecule has 0 spiro atoms. The summed E-state index contributed by atoms with van der Waals surface area (Å²) < 4.78 is 13.1. The van der Waals surface area contributed by atoms with Crippen molar-refractivity contribution in [1.82, 2.24) is 29.6 Å². The molecule has 0 amide bonds. The van der Waals surface area contributed by atoms with Gasteiger partial charge in [0.15, 0.2) is 11.2 Å². The number of benzene rings is 1. The van der Waals surface area contributed by atoms with Crippen molar-refractivity contribution in [3.05, 3.63) is 68.6 Å². The molecule has 0 fully saturated rings. The van der Waals surface area contributed by atoms with Crippen LogP contribution in [0.25, 0.3) is 16.6 Å². The molecule has 10 heteroatoms. The van der Waals surface area contributed by atoms with Gasteiger partial charge in [0.25, 0.3) is 5.56 Å². The fourth-order valence-corrected chi connectivity index (χ4v) is 3.96. The van der Waals surface area contributed by atoms with E-state index >= 15 is 0 Å². The Bertz CT molecular complexity index is 1410. The smallest absolute Gasteiger partial charge is 0.359 e. The van der Waals surface area contributed by atoms with Gasteiger partial charge >= 0.3 is 5.97 Å². The maximum atomic E-state index is 12.9. The van der Waals surface area contributed by atoms with Gasteiger partial charge in [-0.3, -0.25) is 9.69 Å². The molecular weight excluding hydrogens is 424 g/mol. The zero-order chi connectivity index (χ0) is 23.9. The molecule has 0 N–H and O–H groups in total. The topological polar surface area (TPSA) is 108 Å². The summed E-state index contributed by atoms with van der Waals surface area (Å²) in [6.45, 7) is 8.34. The Balaban J connectivity index is 1.66. The van der Waals surface area contributed by atoms with Crippen LogP contribution in [0.4, 0.5) is 0 Å². The zero-order valence-electron chi connectivity index (χ0n) is 19.5. The molecule has 0 bridgehead atoms. The molecule has 4 aromatic rings. The van der Waals surface area contributed by atoms with Crippen LogP contribution in [0.3, 0.4) is 0 Å². The number of carbonyl (C=O) groups is 1. The quantitative estimate of drug-likeness (QED) is 0.413. The zero-order valence-corrected chi connectivity index (χ0v) is 19.5. The van der Waals surface area contributed by atoms with Crippen LogP contribution in [-0.4, -0.2) is 49.7 Å². The van der Waals surface area contributed by atoms with Crippen molar-refractivity contribution in [2.24, 2.45) is 0 Å². The maximum Gasteiger partial charge on any atom is 0.359 e. The van der Waals surface area contributed by atoms with E-state index < -0.39 is 11.5 Å². The van der Waals surface area contributed by atoms with Crippen molar-refractivity contribution in [3.8, 4) is 5.69 Å². The molecular formula is C23H26N6O4. The first-order valence-electron chi connectivity index (χ1n) is 10.5. The lowest BCUT2D eigenvalue weighted by Crippen LogP contribution is -2.33. The standard InChI is InChI=1S/C23H26N6O4/c1-13-9-7-8-10-18(13)29-15(3)17(14(2)24-29)11-27(5)12-28-22(30)20-19(16(4)33-26-20)21(25-28)23(31)32-6/h7-10H,11-12H2,1-6H3. The van der Waals surface area contributed by atoms with Gasteiger partial charge in [0.1, 0.15) is 5.76 Å². The molecule has 0 aliphatic carbocycles. The molecule has 0 unspecified atom stereocenters. The lowest BCUT2D eigenvalue weighted by molar-refractivity contribution is 0.0592. The number of esters is 1. The highest BCUT2D eigenvalue weighted by Crippen LogP contribution is 2.22. The minimum atomic E-state index is -0.658. The number of aryl methyl sites for hydroxylation is 3. The SMILES string of the molecule is COC(=O)c1nn(CN(C)Cc2c(C)nn(-c3ccccc3C)c2C)c(=O)c2noc(C)c12. The Kier molecular flexibility index (Phi) is 5.86. The van der Waals surface area contributed by atoms with Crippen LogP contribution in [0.2, 0.25) is 0 Å². The second kappa shape index (κ2) is 8.62. The van der Waals surface area contributed by atoms with Gasteiger partial charge in [0.05, 0.1) is 30.5 Å². The van der Waals surface area contributed by atoms with Crippen LogP contribution in [0.15, 0.2) is 33.6 Å². The second-order valence-corrected chi connectivity index (χ2v) is 8.11. The van der Waals surface area contributed by atoms with Gasteiger partial charge in [0.2, 0.25) is 0 Å². The van der Waals surface area contributed by atoms with Crippen molar-refractivity contribution < 1.29 is 14.1 Å². The molecule has 172 valence electrons. The normalized spacial score (nSPS) is 11.5. The number of hydrogen-bond acceptors (Lipinski definition) is 8. The van der Waals surface area contributed by atoms with Crippen molar-refractivity contribution in [1.29, 1.82) is 0 Å². The Morgan fingerprint density at radius 3 is 2.58 bits per heavy atom. The van der Waals surface area contributed by atoms with Crippen molar-refractivity contribution in [3.63, 3.8) is 0 Å². The molecule has 0 saturated heterocycles. The van der Waals surface area contributed by atoms with Crippen molar-refractivity contribution >= 4 is 16.9 Å². The third-order valence-electron chi connectivity index (χ3n) is 5.72. The number of ether oxygens (including phenoxy) is 1. The molecule has 1 aromatic carbocycles. The molecule has 0 aliphatic rings. The predicted molar refractivity (Wildman–Crippen MR) is 121 cm³/mol. The van der Waals surface area contributed by atoms with E-state index in [1.807, 2.05) is 48.7 Å². The first-order valence-corrected chi connectivity index (χ1v) is 10.5. The van der Waals surface area contributed by atoms with E-state index in [2.05, 4.69) is 23.2 Å². The average molecular weight is 450 g/mol. The van der Waals surface area contributed by atoms with Gasteiger partial charge in [-0.2, -0.15) is 10.2 Å². The van der Waals surface area contributed by atoms with E-state index in [1.54, 1.807) is 6.92 Å². The maximum absolute atomic E-state index is 12.9. The van der Waals surface area contributed by atoms with E-state index in [1.165, 1.54) is 11.8 Å². The monoisotopic (exact) mass is 450 g/mol. The molecule has 3 heterocycles. The number of carbonyl (C=O) groups excluding carboxylic acids is 1. The summed E-state index contributed by atoms with van der Waals surface area (Å²) in [5, 5.41) is 13.1. The van der Waals surface area contributed by atoms with E-state index in [-0.39, 0.29) is 23.3 Å². The lowest BCUT2D eigenvalue weighted by Gasteiger charge is -2.18. The lowest BCUT2D eigenvalue weighted by atomic mass is 10.1. The summed E-state index contributed by atoms with van der Waals surface area (Å²) in [5.74, 6) is -0.320. The van der Waals surface area contributed by atoms with Gasteiger partial charge in [-0.25, -0.2) is 14.2 Å². The molecule has 10 nitrogen and oxygen atoms in total. The Labute approximate surface area is 190 Å². The van der Waals surface area contributed by atoms with E-state index in [9.17, 15) is 9.59 Å². The second-order valence-electron chi connectivity index (χ2n) is 8.11. The van der Waals surface area contributed by atoms with Gasteiger partial charge in [0, 0.05) is 17.8 Å². The third-order valence-corrected chi connectivity index (χ3v) is 5.72. The predicted octanol–water partition coefficient (Wildman–Crippen LogP) is 2.68. The van der Waals surface area contributed by atoms with Crippen LogP contribution in [0.1, 0.15) is 38.8 Å². The van der Waals surface area contributed by atoms with Crippen LogP contribution in [0, 0.1) is 27.7 Å². The number of hydrogen-bond donors (Lipinski definition) is 0. The number of fused-ring (bicyclic) bond motifs is 1. The third kappa shape index (κ3) is 3.93. The van der Waals surface area contributed by atoms with Crippen LogP contribution < -0.4 is 5.56 Å². The molecule has 0 saturated carbocycles. The van der Waals surface area contributed by atoms with Crippen molar-refractivity contribution in [2.45, 2.75) is 40.9 Å². The summed E-state index contributed by atoms with van der Waals surface area (Å²) in [7, 11) is 3.13. The van der Waals surface area contributed by atoms with Crippen LogP contribution in [-0.2, 0) is 18.0 Å². The van der Waals surface area contributed by atoms with Gasteiger partial charge in [-0.15, -0.1) is 0 Å². The van der Waals surface area contributed by atoms with E-state index in [0.717, 1.165) is 28.2 Å². The number of para-hydroxylation sites is 1. The van der Waals surface area contributed by atoms with Crippen LogP contribution in [0.5, 0.6) is 0 Å². The summed E-state index contributed by atoms with van der Waals surface area (Å²) in [6.07, 6.45) is 0. The molecule has 33 heavy (non-hydrogen) atoms. The first kappa shape index (κ1) is 22.4. The average Bonchev–Trinajstić information content (AvgIpc) is 3.31. The fraction of sp³-hybridized carbons (Fsp3) is 0.348. The number of nitrogens with zero attached hydrogens (tertiary/aromatic N) is 6. The molecule has 0 radical (unpaired) electrons. The minimum absolute atomic E-state index is 0.000941. The molecule has 4 rings (SSSR count). The largest absolute Gasteiger partial charge is 0.464 e. The first-order chi connectivity index (χ1) is 15.7. The number of aromatic nitrogens is 5. The van der Waals surface area contributed by atoms with Crippen LogP contribution >= 0.6 is 0 Å². The Morgan fingerprint density at radius 1 is 1.15 bits per heavy atom. The van der Waals surface area contributed by atoms with Gasteiger partial charge in [-0.1, -0.05) is 23.4 Å². The highest BCUT2D eigenvalue weighted by Gasteiger charge is 2.24. The highest BCUT2D eigenvalue weighted by molar-refractivity contribution is 6.01. The summed E-state index contributed by atoms with van der Waals surface area (Å²) in [4.78, 5) is 27.1. The number of methoxy groups -OCH3 is 1. The number of rotatable bonds is 6. The summed E-state index contributed by atoms with van der Waals surface area (Å²) >= 11 is 0. The molecule has 3 aromatic heterocycles. The fourth-order valence-electron chi connectivity index (χ4n) is 3.96. The summed E-state index contributed by atoms with van der Waals surface area (Å²) in [6, 6.07) is 8.08. The van der Waals surface area contributed by atoms with E-state index in [4.69, 9.17) is 14.4 Å². The van der Waals surface area contributed by atoms with E-state index in [0.29, 0.717) is 12.3 Å². The molecule has 0 atom stereocenters. The Hall–Kier alpha value is -3.79. The minimum Gasteiger partial charge on any atom is -0.464 e. The van der Waals surface area contributed by atoms with Gasteiger partial charge in [-0.05, 0) is 46.4 Å². The highest BCUT2D eigenvalue weighted by atomic mass is 16.5.